The van der Waals surface area contributed by atoms with Crippen LogP contribution < -0.4 is 19.8 Å². The highest BCUT2D eigenvalue weighted by atomic mass is 79.9. The van der Waals surface area contributed by atoms with E-state index < -0.39 is 0 Å². The van der Waals surface area contributed by atoms with Crippen LogP contribution in [-0.2, 0) is 6.67 Å². The Bertz CT molecular complexity index is 1140. The number of anilines is 1. The molecule has 0 bridgehead atoms. The Labute approximate surface area is 163 Å². The van der Waals surface area contributed by atoms with Crippen LogP contribution in [0.4, 0.5) is 5.69 Å². The monoisotopic (exact) mass is 427 g/mol. The topological polar surface area (TPSA) is 37.6 Å². The molecule has 6 heteroatoms. The Morgan fingerprint density at radius 3 is 2.65 bits per heavy atom. The number of aryl methyl sites for hydroxylation is 2. The predicted octanol–water partition coefficient (Wildman–Crippen LogP) is 3.17. The van der Waals surface area contributed by atoms with Crippen LogP contribution in [0.5, 0.6) is 0 Å². The van der Waals surface area contributed by atoms with Crippen LogP contribution in [0.1, 0.15) is 16.7 Å². The van der Waals surface area contributed by atoms with Gasteiger partial charge < -0.3 is 4.90 Å². The molecule has 1 aliphatic heterocycles. The van der Waals surface area contributed by atoms with Crippen molar-refractivity contribution in [1.29, 1.82) is 0 Å². The summed E-state index contributed by atoms with van der Waals surface area (Å²) >= 11 is 4.92. The Kier molecular flexibility index (Phi) is 4.54. The van der Waals surface area contributed by atoms with Gasteiger partial charge in [-0.05, 0) is 60.9 Å². The number of hydrogen-bond acceptors (Lipinski definition) is 4. The first-order valence-corrected chi connectivity index (χ1v) is 9.95. The molecule has 0 amide bonds. The highest BCUT2D eigenvalue weighted by Crippen LogP contribution is 2.20. The third kappa shape index (κ3) is 3.39. The number of nitrogens with zero attached hydrogens (tertiary/aromatic N) is 3. The van der Waals surface area contributed by atoms with Gasteiger partial charge in [-0.25, -0.2) is 4.99 Å². The van der Waals surface area contributed by atoms with E-state index in [9.17, 15) is 4.79 Å². The van der Waals surface area contributed by atoms with Crippen molar-refractivity contribution >= 4 is 39.0 Å². The van der Waals surface area contributed by atoms with E-state index in [2.05, 4.69) is 57.9 Å². The first-order valence-electron chi connectivity index (χ1n) is 8.34. The van der Waals surface area contributed by atoms with Crippen LogP contribution >= 0.6 is 27.3 Å². The van der Waals surface area contributed by atoms with E-state index in [0.717, 1.165) is 20.5 Å². The van der Waals surface area contributed by atoms with Crippen LogP contribution in [0.2, 0.25) is 0 Å². The lowest BCUT2D eigenvalue weighted by Gasteiger charge is -2.26. The Morgan fingerprint density at radius 1 is 1.15 bits per heavy atom. The number of aromatic nitrogens is 1. The van der Waals surface area contributed by atoms with Gasteiger partial charge in [0.05, 0.1) is 4.53 Å². The van der Waals surface area contributed by atoms with E-state index in [1.165, 1.54) is 22.5 Å². The first-order chi connectivity index (χ1) is 12.5. The molecule has 0 atom stereocenters. The largest absolute Gasteiger partial charge is 0.334 e. The second-order valence-corrected chi connectivity index (χ2v) is 8.43. The van der Waals surface area contributed by atoms with Crippen molar-refractivity contribution in [3.05, 3.63) is 83.3 Å². The molecule has 2 aromatic carbocycles. The first kappa shape index (κ1) is 17.2. The Morgan fingerprint density at radius 2 is 1.92 bits per heavy atom. The van der Waals surface area contributed by atoms with Gasteiger partial charge in [0.2, 0.25) is 0 Å². The molecular weight excluding hydrogens is 410 g/mol. The van der Waals surface area contributed by atoms with E-state index >= 15 is 0 Å². The quantitative estimate of drug-likeness (QED) is 0.629. The fourth-order valence-electron chi connectivity index (χ4n) is 3.16. The zero-order valence-electron chi connectivity index (χ0n) is 14.6. The predicted molar refractivity (Wildman–Crippen MR) is 110 cm³/mol. The summed E-state index contributed by atoms with van der Waals surface area (Å²) in [5.41, 5.74) is 4.55. The van der Waals surface area contributed by atoms with E-state index in [1.807, 2.05) is 30.3 Å². The van der Waals surface area contributed by atoms with Gasteiger partial charge in [0, 0.05) is 10.2 Å². The van der Waals surface area contributed by atoms with Crippen molar-refractivity contribution in [1.82, 2.24) is 4.57 Å². The Balaban J connectivity index is 1.73. The molecule has 0 radical (unpaired) electrons. The molecule has 0 N–H and O–H groups in total. The summed E-state index contributed by atoms with van der Waals surface area (Å²) in [6.45, 7) is 5.28. The molecule has 1 aromatic heterocycles. The van der Waals surface area contributed by atoms with Gasteiger partial charge in [0.25, 0.3) is 5.56 Å². The number of halogens is 1. The standard InChI is InChI=1S/C20H18BrN3OS/c1-13-6-14(2)8-17(7-13)23-11-22-20-24(12-23)19(25)18(26-20)10-15-4-3-5-16(21)9-15/h3-10H,11-12H2,1-2H3/b18-10-. The summed E-state index contributed by atoms with van der Waals surface area (Å²) in [5, 5.41) is 0. The zero-order valence-corrected chi connectivity index (χ0v) is 17.0. The van der Waals surface area contributed by atoms with Crippen LogP contribution in [0.3, 0.4) is 0 Å². The fourth-order valence-corrected chi connectivity index (χ4v) is 4.54. The second kappa shape index (κ2) is 6.85. The summed E-state index contributed by atoms with van der Waals surface area (Å²) in [5.74, 6) is 0. The molecule has 0 spiro atoms. The maximum absolute atomic E-state index is 12.9. The third-order valence-electron chi connectivity index (χ3n) is 4.29. The SMILES string of the molecule is Cc1cc(C)cc(N2CN=c3s/c(=C\c4cccc(Br)c4)c(=O)n3C2)c1. The highest BCUT2D eigenvalue weighted by Gasteiger charge is 2.16. The summed E-state index contributed by atoms with van der Waals surface area (Å²) in [4.78, 5) is 20.4. The van der Waals surface area contributed by atoms with Crippen molar-refractivity contribution in [2.75, 3.05) is 11.6 Å². The third-order valence-corrected chi connectivity index (χ3v) is 5.83. The van der Waals surface area contributed by atoms with Crippen molar-refractivity contribution in [3.63, 3.8) is 0 Å². The smallest absolute Gasteiger partial charge is 0.271 e. The number of thiazole rings is 1. The van der Waals surface area contributed by atoms with E-state index in [0.29, 0.717) is 17.9 Å². The molecule has 0 fully saturated rings. The lowest BCUT2D eigenvalue weighted by atomic mass is 10.1. The summed E-state index contributed by atoms with van der Waals surface area (Å²) in [7, 11) is 0. The molecule has 132 valence electrons. The van der Waals surface area contributed by atoms with Crippen LogP contribution in [0.25, 0.3) is 6.08 Å². The minimum Gasteiger partial charge on any atom is -0.334 e. The van der Waals surface area contributed by atoms with E-state index in [1.54, 1.807) is 4.57 Å². The van der Waals surface area contributed by atoms with Gasteiger partial charge in [-0.2, -0.15) is 0 Å². The van der Waals surface area contributed by atoms with E-state index in [4.69, 9.17) is 0 Å². The molecule has 0 unspecified atom stereocenters. The minimum absolute atomic E-state index is 0.0165. The molecule has 26 heavy (non-hydrogen) atoms. The summed E-state index contributed by atoms with van der Waals surface area (Å²) in [6.07, 6.45) is 1.93. The van der Waals surface area contributed by atoms with Crippen LogP contribution in [-0.4, -0.2) is 11.2 Å². The number of fused-ring (bicyclic) bond motifs is 1. The molecule has 4 rings (SSSR count). The molecule has 0 saturated heterocycles. The number of hydrogen-bond donors (Lipinski definition) is 0. The molecule has 0 saturated carbocycles. The average molecular weight is 428 g/mol. The number of rotatable bonds is 2. The summed E-state index contributed by atoms with van der Waals surface area (Å²) < 4.78 is 3.47. The van der Waals surface area contributed by atoms with Crippen LogP contribution in [0, 0.1) is 13.8 Å². The molecule has 1 aliphatic rings. The van der Waals surface area contributed by atoms with Crippen LogP contribution in [0.15, 0.2) is 56.7 Å². The summed E-state index contributed by atoms with van der Waals surface area (Å²) in [6, 6.07) is 14.4. The fraction of sp³-hybridized carbons (Fsp3) is 0.200. The van der Waals surface area contributed by atoms with Crippen molar-refractivity contribution in [3.8, 4) is 0 Å². The van der Waals surface area contributed by atoms with Gasteiger partial charge in [-0.15, -0.1) is 0 Å². The second-order valence-electron chi connectivity index (χ2n) is 6.51. The molecular formula is C20H18BrN3OS. The normalized spacial score (nSPS) is 14.3. The molecule has 3 aromatic rings. The highest BCUT2D eigenvalue weighted by molar-refractivity contribution is 9.10. The van der Waals surface area contributed by atoms with Crippen molar-refractivity contribution in [2.45, 2.75) is 20.5 Å². The van der Waals surface area contributed by atoms with E-state index in [-0.39, 0.29) is 5.56 Å². The maximum Gasteiger partial charge on any atom is 0.271 e. The lowest BCUT2D eigenvalue weighted by Crippen LogP contribution is -2.42. The van der Waals surface area contributed by atoms with Gasteiger partial charge in [0.1, 0.15) is 13.3 Å². The van der Waals surface area contributed by atoms with Gasteiger partial charge >= 0.3 is 0 Å². The number of benzene rings is 2. The molecule has 2 heterocycles. The van der Waals surface area contributed by atoms with Crippen molar-refractivity contribution in [2.24, 2.45) is 4.99 Å². The van der Waals surface area contributed by atoms with Gasteiger partial charge in [-0.1, -0.05) is 45.5 Å². The van der Waals surface area contributed by atoms with Crippen molar-refractivity contribution < 1.29 is 0 Å². The average Bonchev–Trinajstić information content (AvgIpc) is 2.89. The zero-order chi connectivity index (χ0) is 18.3. The minimum atomic E-state index is 0.0165. The van der Waals surface area contributed by atoms with Gasteiger partial charge in [0.15, 0.2) is 4.80 Å². The van der Waals surface area contributed by atoms with Gasteiger partial charge in [-0.3, -0.25) is 9.36 Å². The maximum atomic E-state index is 12.9. The molecule has 0 aliphatic carbocycles. The Hall–Kier alpha value is -2.18. The lowest BCUT2D eigenvalue weighted by molar-refractivity contribution is 0.569. The molecule has 4 nitrogen and oxygen atoms in total.